The highest BCUT2D eigenvalue weighted by molar-refractivity contribution is 5.24. The third-order valence-corrected chi connectivity index (χ3v) is 1.41. The van der Waals surface area contributed by atoms with Crippen LogP contribution in [0.5, 0.6) is 0 Å². The van der Waals surface area contributed by atoms with Gasteiger partial charge in [0.2, 0.25) is 6.04 Å². The molecule has 1 aromatic carbocycles. The molecule has 0 heterocycles. The van der Waals surface area contributed by atoms with Gasteiger partial charge in [-0.15, -0.1) is 4.91 Å². The molecule has 1 rings (SSSR count). The zero-order valence-electron chi connectivity index (χ0n) is 6.07. The van der Waals surface area contributed by atoms with E-state index in [0.29, 0.717) is 5.56 Å². The summed E-state index contributed by atoms with van der Waals surface area (Å²) < 4.78 is 12.4. The van der Waals surface area contributed by atoms with Crippen molar-refractivity contribution in [1.82, 2.24) is 0 Å². The molecular weight excluding hydrogens is 159 g/mol. The number of hydrogen-bond donors (Lipinski definition) is 0. The Morgan fingerprint density at radius 3 is 2.42 bits per heavy atom. The molecule has 1 aromatic rings. The normalized spacial score (nSPS) is 11.7. The molecule has 0 aliphatic rings. The van der Waals surface area contributed by atoms with Crippen molar-refractivity contribution in [3.63, 3.8) is 0 Å². The summed E-state index contributed by atoms with van der Waals surface area (Å²) in [5.41, 5.74) is 0.411. The first-order valence-corrected chi connectivity index (χ1v) is 3.25. The lowest BCUT2D eigenvalue weighted by molar-refractivity contribution is 0.626. The van der Waals surface area contributed by atoms with Gasteiger partial charge in [0.05, 0.1) is 6.07 Å². The standard InChI is InChI=1S/C8H5FN2O/c9-7-3-1-6(2-4-7)8(5-10)11-12/h1-4,8H. The highest BCUT2D eigenvalue weighted by Gasteiger charge is 2.08. The molecule has 0 amide bonds. The summed E-state index contributed by atoms with van der Waals surface area (Å²) in [6.07, 6.45) is 0. The smallest absolute Gasteiger partial charge is 0.203 e. The second kappa shape index (κ2) is 3.58. The van der Waals surface area contributed by atoms with E-state index in [2.05, 4.69) is 5.18 Å². The van der Waals surface area contributed by atoms with Crippen molar-refractivity contribution in [2.45, 2.75) is 6.04 Å². The molecule has 12 heavy (non-hydrogen) atoms. The van der Waals surface area contributed by atoms with E-state index >= 15 is 0 Å². The number of halogens is 1. The quantitative estimate of drug-likeness (QED) is 0.629. The second-order valence-corrected chi connectivity index (χ2v) is 2.19. The van der Waals surface area contributed by atoms with Gasteiger partial charge in [0.15, 0.2) is 0 Å². The lowest BCUT2D eigenvalue weighted by Crippen LogP contribution is -1.90. The Hall–Kier alpha value is -1.76. The molecule has 0 aliphatic heterocycles. The van der Waals surface area contributed by atoms with Crippen LogP contribution in [0.15, 0.2) is 29.4 Å². The third kappa shape index (κ3) is 1.64. The summed E-state index contributed by atoms with van der Waals surface area (Å²) >= 11 is 0. The molecule has 0 aromatic heterocycles. The van der Waals surface area contributed by atoms with Gasteiger partial charge < -0.3 is 0 Å². The lowest BCUT2D eigenvalue weighted by Gasteiger charge is -1.98. The fourth-order valence-electron chi connectivity index (χ4n) is 0.804. The van der Waals surface area contributed by atoms with Crippen LogP contribution in [0.2, 0.25) is 0 Å². The molecule has 3 nitrogen and oxygen atoms in total. The van der Waals surface area contributed by atoms with Crippen molar-refractivity contribution in [2.75, 3.05) is 0 Å². The minimum absolute atomic E-state index is 0.402. The molecule has 1 atom stereocenters. The van der Waals surface area contributed by atoms with Crippen molar-refractivity contribution in [1.29, 1.82) is 5.26 Å². The zero-order chi connectivity index (χ0) is 8.97. The first kappa shape index (κ1) is 8.34. The van der Waals surface area contributed by atoms with Gasteiger partial charge in [-0.1, -0.05) is 12.1 Å². The molecule has 60 valence electrons. The van der Waals surface area contributed by atoms with E-state index in [4.69, 9.17) is 5.26 Å². The van der Waals surface area contributed by atoms with Crippen LogP contribution in [-0.4, -0.2) is 0 Å². The summed E-state index contributed by atoms with van der Waals surface area (Å²) in [4.78, 5) is 10.1. The Morgan fingerprint density at radius 1 is 1.42 bits per heavy atom. The van der Waals surface area contributed by atoms with Crippen molar-refractivity contribution >= 4 is 0 Å². The number of benzene rings is 1. The maximum Gasteiger partial charge on any atom is 0.203 e. The van der Waals surface area contributed by atoms with Crippen molar-refractivity contribution in [3.8, 4) is 6.07 Å². The minimum Gasteiger partial charge on any atom is -0.207 e. The molecule has 0 fully saturated rings. The second-order valence-electron chi connectivity index (χ2n) is 2.19. The molecule has 0 saturated carbocycles. The van der Waals surface area contributed by atoms with Gasteiger partial charge in [0.25, 0.3) is 0 Å². The van der Waals surface area contributed by atoms with Crippen molar-refractivity contribution in [2.24, 2.45) is 5.18 Å². The summed E-state index contributed by atoms with van der Waals surface area (Å²) in [6.45, 7) is 0. The highest BCUT2D eigenvalue weighted by Crippen LogP contribution is 2.15. The Balaban J connectivity index is 2.97. The number of nitrogens with zero attached hydrogens (tertiary/aromatic N) is 2. The summed E-state index contributed by atoms with van der Waals surface area (Å²) in [5, 5.41) is 11.0. The maximum absolute atomic E-state index is 12.4. The average Bonchev–Trinajstić information content (AvgIpc) is 2.10. The third-order valence-electron chi connectivity index (χ3n) is 1.41. The van der Waals surface area contributed by atoms with E-state index in [1.54, 1.807) is 6.07 Å². The molecule has 1 unspecified atom stereocenters. The van der Waals surface area contributed by atoms with Crippen LogP contribution in [0, 0.1) is 22.1 Å². The number of nitriles is 1. The monoisotopic (exact) mass is 164 g/mol. The molecule has 0 radical (unpaired) electrons. The number of nitroso groups, excluding NO2 is 1. The van der Waals surface area contributed by atoms with Crippen molar-refractivity contribution in [3.05, 3.63) is 40.6 Å². The van der Waals surface area contributed by atoms with Gasteiger partial charge >= 0.3 is 0 Å². The molecule has 0 N–H and O–H groups in total. The summed E-state index contributed by atoms with van der Waals surface area (Å²) in [6, 6.07) is 5.75. The Kier molecular flexibility index (Phi) is 2.49. The SMILES string of the molecule is N#CC(N=O)c1ccc(F)cc1. The highest BCUT2D eigenvalue weighted by atomic mass is 19.1. The molecule has 0 aliphatic carbocycles. The Labute approximate surface area is 68.4 Å². The van der Waals surface area contributed by atoms with Gasteiger partial charge in [0, 0.05) is 0 Å². The van der Waals surface area contributed by atoms with Crippen LogP contribution in [-0.2, 0) is 0 Å². The largest absolute Gasteiger partial charge is 0.207 e. The van der Waals surface area contributed by atoms with Crippen LogP contribution in [0.4, 0.5) is 4.39 Å². The predicted octanol–water partition coefficient (Wildman–Crippen LogP) is 2.16. The Bertz CT molecular complexity index is 315. The first-order chi connectivity index (χ1) is 5.77. The van der Waals surface area contributed by atoms with Gasteiger partial charge in [-0.3, -0.25) is 0 Å². The fraction of sp³-hybridized carbons (Fsp3) is 0.125. The van der Waals surface area contributed by atoms with E-state index < -0.39 is 11.9 Å². The van der Waals surface area contributed by atoms with E-state index in [1.165, 1.54) is 24.3 Å². The van der Waals surface area contributed by atoms with Crippen LogP contribution in [0.3, 0.4) is 0 Å². The maximum atomic E-state index is 12.4. The molecule has 0 bridgehead atoms. The Morgan fingerprint density at radius 2 is 2.00 bits per heavy atom. The van der Waals surface area contributed by atoms with Crippen LogP contribution < -0.4 is 0 Å². The van der Waals surface area contributed by atoms with Gasteiger partial charge in [-0.2, -0.15) is 5.26 Å². The molecule has 0 saturated heterocycles. The zero-order valence-corrected chi connectivity index (χ0v) is 6.07. The lowest BCUT2D eigenvalue weighted by atomic mass is 10.1. The minimum atomic E-state index is -1.04. The van der Waals surface area contributed by atoms with E-state index in [1.807, 2.05) is 0 Å². The summed E-state index contributed by atoms with van der Waals surface area (Å²) in [5.74, 6) is -0.402. The molecule has 0 spiro atoms. The van der Waals surface area contributed by atoms with Crippen LogP contribution in [0.1, 0.15) is 11.6 Å². The van der Waals surface area contributed by atoms with Gasteiger partial charge in [-0.05, 0) is 22.9 Å². The van der Waals surface area contributed by atoms with Gasteiger partial charge in [-0.25, -0.2) is 4.39 Å². The predicted molar refractivity (Wildman–Crippen MR) is 40.5 cm³/mol. The summed E-state index contributed by atoms with van der Waals surface area (Å²) in [7, 11) is 0. The molecule has 4 heteroatoms. The topological polar surface area (TPSA) is 53.2 Å². The average molecular weight is 164 g/mol. The van der Waals surface area contributed by atoms with Gasteiger partial charge in [0.1, 0.15) is 5.82 Å². The van der Waals surface area contributed by atoms with Crippen molar-refractivity contribution < 1.29 is 4.39 Å². The van der Waals surface area contributed by atoms with E-state index in [0.717, 1.165) is 0 Å². The number of rotatable bonds is 2. The van der Waals surface area contributed by atoms with E-state index in [-0.39, 0.29) is 0 Å². The fourth-order valence-corrected chi connectivity index (χ4v) is 0.804. The van der Waals surface area contributed by atoms with Crippen LogP contribution in [0.25, 0.3) is 0 Å². The van der Waals surface area contributed by atoms with Crippen LogP contribution >= 0.6 is 0 Å². The number of hydrogen-bond acceptors (Lipinski definition) is 3. The molecular formula is C8H5FN2O. The van der Waals surface area contributed by atoms with E-state index in [9.17, 15) is 9.30 Å². The first-order valence-electron chi connectivity index (χ1n) is 3.25.